The van der Waals surface area contributed by atoms with Gasteiger partial charge >= 0.3 is 5.97 Å². The summed E-state index contributed by atoms with van der Waals surface area (Å²) in [7, 11) is 4.08. The molecule has 0 spiro atoms. The van der Waals surface area contributed by atoms with Gasteiger partial charge < -0.3 is 10.0 Å². The highest BCUT2D eigenvalue weighted by Crippen LogP contribution is 2.21. The third-order valence-corrected chi connectivity index (χ3v) is 3.71. The lowest BCUT2D eigenvalue weighted by Crippen LogP contribution is -2.14. The molecule has 5 heteroatoms. The number of aromatic nitrogens is 1. The van der Waals surface area contributed by atoms with Crippen molar-refractivity contribution in [3.8, 4) is 0 Å². The van der Waals surface area contributed by atoms with Crippen molar-refractivity contribution < 1.29 is 9.90 Å². The van der Waals surface area contributed by atoms with Crippen LogP contribution in [0.3, 0.4) is 0 Å². The first-order chi connectivity index (χ1) is 8.02. The standard InChI is InChI=1S/C12H20N2O2S/c1-4-9-10(5-6-12(15)16)17-11(13-9)7-8-14(2)3/h4-8H2,1-3H3,(H,15,16). The Hall–Kier alpha value is -0.940. The van der Waals surface area contributed by atoms with E-state index < -0.39 is 5.97 Å². The maximum atomic E-state index is 10.6. The second-order valence-corrected chi connectivity index (χ2v) is 5.45. The number of aliphatic carboxylic acids is 1. The van der Waals surface area contributed by atoms with Crippen LogP contribution in [0.5, 0.6) is 0 Å². The van der Waals surface area contributed by atoms with Gasteiger partial charge in [-0.25, -0.2) is 4.98 Å². The smallest absolute Gasteiger partial charge is 0.303 e. The van der Waals surface area contributed by atoms with Crippen LogP contribution in [0.2, 0.25) is 0 Å². The normalized spacial score (nSPS) is 11.1. The maximum Gasteiger partial charge on any atom is 0.303 e. The van der Waals surface area contributed by atoms with Crippen molar-refractivity contribution in [3.05, 3.63) is 15.6 Å². The molecule has 0 aliphatic carbocycles. The van der Waals surface area contributed by atoms with Gasteiger partial charge in [-0.2, -0.15) is 0 Å². The first kappa shape index (κ1) is 14.1. The van der Waals surface area contributed by atoms with Gasteiger partial charge in [0.25, 0.3) is 0 Å². The van der Waals surface area contributed by atoms with Crippen LogP contribution in [-0.2, 0) is 24.1 Å². The number of likely N-dealkylation sites (N-methyl/N-ethyl adjacent to an activating group) is 1. The Morgan fingerprint density at radius 1 is 1.41 bits per heavy atom. The van der Waals surface area contributed by atoms with Crippen LogP contribution in [0, 0.1) is 0 Å². The van der Waals surface area contributed by atoms with E-state index in [1.54, 1.807) is 11.3 Å². The van der Waals surface area contributed by atoms with Crippen LogP contribution in [0.4, 0.5) is 0 Å². The average molecular weight is 256 g/mol. The van der Waals surface area contributed by atoms with E-state index in [4.69, 9.17) is 5.11 Å². The van der Waals surface area contributed by atoms with Gasteiger partial charge in [0.15, 0.2) is 0 Å². The summed E-state index contributed by atoms with van der Waals surface area (Å²) in [5.74, 6) is -0.740. The Morgan fingerprint density at radius 2 is 2.12 bits per heavy atom. The van der Waals surface area contributed by atoms with E-state index in [-0.39, 0.29) is 6.42 Å². The van der Waals surface area contributed by atoms with E-state index >= 15 is 0 Å². The van der Waals surface area contributed by atoms with Crippen molar-refractivity contribution in [2.45, 2.75) is 32.6 Å². The summed E-state index contributed by atoms with van der Waals surface area (Å²) in [6.07, 6.45) is 2.63. The molecule has 96 valence electrons. The summed E-state index contributed by atoms with van der Waals surface area (Å²) < 4.78 is 0. The van der Waals surface area contributed by atoms with Crippen molar-refractivity contribution >= 4 is 17.3 Å². The fourth-order valence-corrected chi connectivity index (χ4v) is 2.70. The minimum absolute atomic E-state index is 0.197. The van der Waals surface area contributed by atoms with E-state index in [2.05, 4.69) is 16.8 Å². The molecule has 1 N–H and O–H groups in total. The Balaban J connectivity index is 2.65. The van der Waals surface area contributed by atoms with E-state index in [1.807, 2.05) is 14.1 Å². The second kappa shape index (κ2) is 6.71. The predicted molar refractivity (Wildman–Crippen MR) is 69.7 cm³/mol. The topological polar surface area (TPSA) is 53.4 Å². The highest BCUT2D eigenvalue weighted by Gasteiger charge is 2.11. The lowest BCUT2D eigenvalue weighted by Gasteiger charge is -2.06. The molecule has 1 aromatic rings. The molecular formula is C12H20N2O2S. The molecule has 0 unspecified atom stereocenters. The zero-order chi connectivity index (χ0) is 12.8. The van der Waals surface area contributed by atoms with Crippen molar-refractivity contribution in [1.29, 1.82) is 0 Å². The minimum atomic E-state index is -0.740. The summed E-state index contributed by atoms with van der Waals surface area (Å²) in [4.78, 5) is 18.4. The number of carboxylic acid groups (broad SMARTS) is 1. The predicted octanol–water partition coefficient (Wildman–Crippen LogP) is 1.83. The fraction of sp³-hybridized carbons (Fsp3) is 0.667. The number of carboxylic acids is 1. The average Bonchev–Trinajstić information content (AvgIpc) is 2.66. The van der Waals surface area contributed by atoms with Crippen LogP contribution in [0.1, 0.15) is 28.9 Å². The highest BCUT2D eigenvalue weighted by atomic mass is 32.1. The van der Waals surface area contributed by atoms with Gasteiger partial charge in [-0.3, -0.25) is 4.79 Å². The third kappa shape index (κ3) is 4.83. The van der Waals surface area contributed by atoms with Gasteiger partial charge in [-0.1, -0.05) is 6.92 Å². The SMILES string of the molecule is CCc1nc(CCN(C)C)sc1CCC(=O)O. The zero-order valence-electron chi connectivity index (χ0n) is 10.7. The quantitative estimate of drug-likeness (QED) is 0.808. The summed E-state index contributed by atoms with van der Waals surface area (Å²) in [5, 5.41) is 9.82. The van der Waals surface area contributed by atoms with Crippen LogP contribution >= 0.6 is 11.3 Å². The van der Waals surface area contributed by atoms with Crippen LogP contribution in [0.25, 0.3) is 0 Å². The molecule has 17 heavy (non-hydrogen) atoms. The van der Waals surface area contributed by atoms with E-state index in [1.165, 1.54) is 0 Å². The Kier molecular flexibility index (Phi) is 5.58. The Morgan fingerprint density at radius 3 is 2.65 bits per heavy atom. The fourth-order valence-electron chi connectivity index (χ4n) is 1.56. The van der Waals surface area contributed by atoms with Gasteiger partial charge in [-0.15, -0.1) is 11.3 Å². The molecule has 0 saturated heterocycles. The third-order valence-electron chi connectivity index (χ3n) is 2.50. The first-order valence-corrected chi connectivity index (χ1v) is 6.68. The van der Waals surface area contributed by atoms with E-state index in [9.17, 15) is 4.79 Å². The highest BCUT2D eigenvalue weighted by molar-refractivity contribution is 7.11. The van der Waals surface area contributed by atoms with Crippen molar-refractivity contribution in [2.24, 2.45) is 0 Å². The molecule has 1 heterocycles. The van der Waals surface area contributed by atoms with E-state index in [0.29, 0.717) is 6.42 Å². The molecule has 0 aliphatic heterocycles. The number of hydrogen-bond donors (Lipinski definition) is 1. The number of hydrogen-bond acceptors (Lipinski definition) is 4. The largest absolute Gasteiger partial charge is 0.481 e. The van der Waals surface area contributed by atoms with Crippen molar-refractivity contribution in [1.82, 2.24) is 9.88 Å². The molecular weight excluding hydrogens is 236 g/mol. The summed E-state index contributed by atoms with van der Waals surface area (Å²) in [6, 6.07) is 0. The molecule has 0 amide bonds. The minimum Gasteiger partial charge on any atom is -0.481 e. The number of rotatable bonds is 7. The number of nitrogens with zero attached hydrogens (tertiary/aromatic N) is 2. The second-order valence-electron chi connectivity index (χ2n) is 4.28. The van der Waals surface area contributed by atoms with Crippen LogP contribution in [-0.4, -0.2) is 41.6 Å². The van der Waals surface area contributed by atoms with Gasteiger partial charge in [0, 0.05) is 17.8 Å². The zero-order valence-corrected chi connectivity index (χ0v) is 11.5. The number of thiazole rings is 1. The van der Waals surface area contributed by atoms with Crippen molar-refractivity contribution in [3.63, 3.8) is 0 Å². The molecule has 0 fully saturated rings. The van der Waals surface area contributed by atoms with Crippen molar-refractivity contribution in [2.75, 3.05) is 20.6 Å². The molecule has 1 aromatic heterocycles. The monoisotopic (exact) mass is 256 g/mol. The van der Waals surface area contributed by atoms with Gasteiger partial charge in [0.1, 0.15) is 0 Å². The lowest BCUT2D eigenvalue weighted by atomic mass is 10.2. The molecule has 0 radical (unpaired) electrons. The number of carbonyl (C=O) groups is 1. The lowest BCUT2D eigenvalue weighted by molar-refractivity contribution is -0.136. The summed E-state index contributed by atoms with van der Waals surface area (Å²) >= 11 is 1.67. The molecule has 1 rings (SSSR count). The molecule has 0 atom stereocenters. The van der Waals surface area contributed by atoms with Gasteiger partial charge in [0.2, 0.25) is 0 Å². The maximum absolute atomic E-state index is 10.6. The molecule has 0 aliphatic rings. The molecule has 0 aromatic carbocycles. The summed E-state index contributed by atoms with van der Waals surface area (Å²) in [5.41, 5.74) is 1.07. The first-order valence-electron chi connectivity index (χ1n) is 5.87. The molecule has 0 saturated carbocycles. The number of aryl methyl sites for hydroxylation is 2. The molecule has 0 bridgehead atoms. The Labute approximate surface area is 106 Å². The molecule has 4 nitrogen and oxygen atoms in total. The van der Waals surface area contributed by atoms with E-state index in [0.717, 1.165) is 35.0 Å². The van der Waals surface area contributed by atoms with Gasteiger partial charge in [-0.05, 0) is 26.9 Å². The van der Waals surface area contributed by atoms with Crippen LogP contribution in [0.15, 0.2) is 0 Å². The van der Waals surface area contributed by atoms with Gasteiger partial charge in [0.05, 0.1) is 17.1 Å². The summed E-state index contributed by atoms with van der Waals surface area (Å²) in [6.45, 7) is 3.05. The van der Waals surface area contributed by atoms with Crippen LogP contribution < -0.4 is 0 Å². The Bertz CT molecular complexity index is 375.